The fraction of sp³-hybridized carbons (Fsp3) is 0.190. The minimum absolute atomic E-state index is 0.317. The Morgan fingerprint density at radius 3 is 2.10 bits per heavy atom. The van der Waals surface area contributed by atoms with Crippen LogP contribution in [0.5, 0.6) is 23.1 Å². The summed E-state index contributed by atoms with van der Waals surface area (Å²) in [6.07, 6.45) is 0. The van der Waals surface area contributed by atoms with Gasteiger partial charge in [-0.05, 0) is 30.3 Å². The van der Waals surface area contributed by atoms with E-state index in [0.717, 1.165) is 5.56 Å². The minimum atomic E-state index is -0.317. The third kappa shape index (κ3) is 4.37. The second-order valence-corrected chi connectivity index (χ2v) is 5.91. The van der Waals surface area contributed by atoms with Crippen LogP contribution in [0.4, 0.5) is 5.69 Å². The molecule has 0 radical (unpaired) electrons. The predicted octanol–water partition coefficient (Wildman–Crippen LogP) is 3.43. The average Bonchev–Trinajstić information content (AvgIpc) is 2.78. The van der Waals surface area contributed by atoms with E-state index in [4.69, 9.17) is 18.9 Å². The Labute approximate surface area is 168 Å². The van der Waals surface area contributed by atoms with E-state index in [9.17, 15) is 4.79 Å². The van der Waals surface area contributed by atoms with Crippen molar-refractivity contribution >= 4 is 11.6 Å². The van der Waals surface area contributed by atoms with Crippen molar-refractivity contribution in [2.24, 2.45) is 0 Å². The Hall–Kier alpha value is -3.81. The molecule has 0 aliphatic carbocycles. The molecular formula is C21H21N3O5. The zero-order chi connectivity index (χ0) is 20.8. The van der Waals surface area contributed by atoms with Gasteiger partial charge in [0.15, 0.2) is 11.5 Å². The highest BCUT2D eigenvalue weighted by Gasteiger charge is 2.17. The first-order chi connectivity index (χ1) is 14.1. The molecule has 1 N–H and O–H groups in total. The van der Waals surface area contributed by atoms with Crippen LogP contribution in [0.15, 0.2) is 48.5 Å². The molecule has 2 aromatic carbocycles. The summed E-state index contributed by atoms with van der Waals surface area (Å²) in [5.41, 5.74) is 2.45. The van der Waals surface area contributed by atoms with Crippen molar-refractivity contribution in [1.82, 2.24) is 10.2 Å². The molecule has 0 fully saturated rings. The number of carbonyl (C=O) groups is 1. The highest BCUT2D eigenvalue weighted by Crippen LogP contribution is 2.38. The number of hydrogen-bond donors (Lipinski definition) is 1. The molecule has 3 rings (SSSR count). The first-order valence-electron chi connectivity index (χ1n) is 8.69. The number of nitrogens with one attached hydrogen (secondary N) is 1. The average molecular weight is 395 g/mol. The highest BCUT2D eigenvalue weighted by molar-refractivity contribution is 6.05. The number of rotatable bonds is 7. The molecule has 3 aromatic rings. The smallest absolute Gasteiger partial charge is 0.255 e. The second-order valence-electron chi connectivity index (χ2n) is 5.91. The fourth-order valence-corrected chi connectivity index (χ4v) is 2.75. The normalized spacial score (nSPS) is 10.2. The zero-order valence-corrected chi connectivity index (χ0v) is 16.6. The summed E-state index contributed by atoms with van der Waals surface area (Å²) >= 11 is 0. The topological polar surface area (TPSA) is 91.8 Å². The molecule has 1 heterocycles. The monoisotopic (exact) mass is 395 g/mol. The van der Waals surface area contributed by atoms with Crippen molar-refractivity contribution in [1.29, 1.82) is 0 Å². The predicted molar refractivity (Wildman–Crippen MR) is 108 cm³/mol. The lowest BCUT2D eigenvalue weighted by molar-refractivity contribution is 0.102. The van der Waals surface area contributed by atoms with Gasteiger partial charge in [0.1, 0.15) is 0 Å². The molecule has 0 saturated heterocycles. The summed E-state index contributed by atoms with van der Waals surface area (Å²) in [4.78, 5) is 12.8. The van der Waals surface area contributed by atoms with Gasteiger partial charge in [-0.15, -0.1) is 10.2 Å². The van der Waals surface area contributed by atoms with Gasteiger partial charge in [0.25, 0.3) is 5.91 Å². The first-order valence-corrected chi connectivity index (χ1v) is 8.69. The van der Waals surface area contributed by atoms with E-state index in [-0.39, 0.29) is 5.91 Å². The maximum atomic E-state index is 12.8. The van der Waals surface area contributed by atoms with Crippen LogP contribution in [-0.2, 0) is 0 Å². The van der Waals surface area contributed by atoms with Crippen molar-refractivity contribution in [2.45, 2.75) is 0 Å². The standard InChI is InChI=1S/C21H21N3O5/c1-26-17-11-14(12-18(27-2)20(17)29-4)21(25)22-15-7-5-6-13(10-15)16-8-9-19(28-3)24-23-16/h5-12H,1-4H3,(H,22,25). The van der Waals surface area contributed by atoms with Crippen LogP contribution in [0.3, 0.4) is 0 Å². The van der Waals surface area contributed by atoms with Gasteiger partial charge in [-0.1, -0.05) is 12.1 Å². The zero-order valence-electron chi connectivity index (χ0n) is 16.6. The van der Waals surface area contributed by atoms with E-state index in [2.05, 4.69) is 15.5 Å². The summed E-state index contributed by atoms with van der Waals surface area (Å²) in [5, 5.41) is 11.0. The van der Waals surface area contributed by atoms with Gasteiger partial charge >= 0.3 is 0 Å². The van der Waals surface area contributed by atoms with Crippen molar-refractivity contribution in [3.8, 4) is 34.4 Å². The van der Waals surface area contributed by atoms with Crippen molar-refractivity contribution < 1.29 is 23.7 Å². The lowest BCUT2D eigenvalue weighted by Crippen LogP contribution is -2.12. The molecule has 0 saturated carbocycles. The Morgan fingerprint density at radius 1 is 0.828 bits per heavy atom. The van der Waals surface area contributed by atoms with E-state index in [1.807, 2.05) is 18.2 Å². The SMILES string of the molecule is COc1ccc(-c2cccc(NC(=O)c3cc(OC)c(OC)c(OC)c3)c2)nn1. The van der Waals surface area contributed by atoms with E-state index >= 15 is 0 Å². The molecule has 8 heteroatoms. The maximum absolute atomic E-state index is 12.8. The fourth-order valence-electron chi connectivity index (χ4n) is 2.75. The first kappa shape index (κ1) is 19.9. The third-order valence-corrected chi connectivity index (χ3v) is 4.19. The Bertz CT molecular complexity index is 980. The van der Waals surface area contributed by atoms with Crippen LogP contribution < -0.4 is 24.3 Å². The van der Waals surface area contributed by atoms with Crippen LogP contribution in [0.2, 0.25) is 0 Å². The quantitative estimate of drug-likeness (QED) is 0.655. The molecule has 0 atom stereocenters. The summed E-state index contributed by atoms with van der Waals surface area (Å²) in [6.45, 7) is 0. The summed E-state index contributed by atoms with van der Waals surface area (Å²) in [6, 6.07) is 14.0. The van der Waals surface area contributed by atoms with E-state index < -0.39 is 0 Å². The van der Waals surface area contributed by atoms with Crippen molar-refractivity contribution in [2.75, 3.05) is 33.8 Å². The maximum Gasteiger partial charge on any atom is 0.255 e. The number of nitrogens with zero attached hydrogens (tertiary/aromatic N) is 2. The minimum Gasteiger partial charge on any atom is -0.493 e. The molecule has 150 valence electrons. The number of methoxy groups -OCH3 is 4. The van der Waals surface area contributed by atoms with Gasteiger partial charge in [0, 0.05) is 22.9 Å². The van der Waals surface area contributed by atoms with Crippen LogP contribution >= 0.6 is 0 Å². The molecule has 0 unspecified atom stereocenters. The number of hydrogen-bond acceptors (Lipinski definition) is 7. The van der Waals surface area contributed by atoms with E-state index in [1.54, 1.807) is 30.3 Å². The van der Waals surface area contributed by atoms with E-state index in [1.165, 1.54) is 28.4 Å². The van der Waals surface area contributed by atoms with E-state index in [0.29, 0.717) is 40.1 Å². The molecule has 0 spiro atoms. The number of anilines is 1. The lowest BCUT2D eigenvalue weighted by atomic mass is 10.1. The molecular weight excluding hydrogens is 374 g/mol. The number of carbonyl (C=O) groups excluding carboxylic acids is 1. The van der Waals surface area contributed by atoms with Crippen LogP contribution in [0.1, 0.15) is 10.4 Å². The summed E-state index contributed by atoms with van der Waals surface area (Å²) in [7, 11) is 6.04. The molecule has 0 bridgehead atoms. The van der Waals surface area contributed by atoms with Crippen LogP contribution in [0, 0.1) is 0 Å². The molecule has 0 aliphatic heterocycles. The number of ether oxygens (including phenoxy) is 4. The van der Waals surface area contributed by atoms with Gasteiger partial charge in [-0.2, -0.15) is 0 Å². The Balaban J connectivity index is 1.85. The molecule has 29 heavy (non-hydrogen) atoms. The highest BCUT2D eigenvalue weighted by atomic mass is 16.5. The van der Waals surface area contributed by atoms with Crippen LogP contribution in [0.25, 0.3) is 11.3 Å². The molecule has 1 aromatic heterocycles. The van der Waals surface area contributed by atoms with Crippen molar-refractivity contribution in [3.63, 3.8) is 0 Å². The number of benzene rings is 2. The number of aromatic nitrogens is 2. The van der Waals surface area contributed by atoms with Gasteiger partial charge < -0.3 is 24.3 Å². The Kier molecular flexibility index (Phi) is 6.13. The lowest BCUT2D eigenvalue weighted by Gasteiger charge is -2.14. The summed E-state index contributed by atoms with van der Waals surface area (Å²) < 4.78 is 20.9. The van der Waals surface area contributed by atoms with Crippen LogP contribution in [-0.4, -0.2) is 44.5 Å². The second kappa shape index (κ2) is 8.92. The van der Waals surface area contributed by atoms with Gasteiger partial charge in [0.2, 0.25) is 11.6 Å². The third-order valence-electron chi connectivity index (χ3n) is 4.19. The van der Waals surface area contributed by atoms with Crippen molar-refractivity contribution in [3.05, 3.63) is 54.1 Å². The molecule has 8 nitrogen and oxygen atoms in total. The van der Waals surface area contributed by atoms with Gasteiger partial charge in [0.05, 0.1) is 34.1 Å². The molecule has 1 amide bonds. The summed E-state index contributed by atoms with van der Waals surface area (Å²) in [5.74, 6) is 1.34. The van der Waals surface area contributed by atoms with Gasteiger partial charge in [-0.25, -0.2) is 0 Å². The molecule has 0 aliphatic rings. The Morgan fingerprint density at radius 2 is 1.55 bits per heavy atom. The largest absolute Gasteiger partial charge is 0.493 e. The number of amides is 1. The van der Waals surface area contributed by atoms with Gasteiger partial charge in [-0.3, -0.25) is 4.79 Å².